The van der Waals surface area contributed by atoms with Crippen molar-refractivity contribution in [3.8, 4) is 10.4 Å². The molecule has 2 heterocycles. The first-order valence-corrected chi connectivity index (χ1v) is 10.3. The average Bonchev–Trinajstić information content (AvgIpc) is 3.16. The van der Waals surface area contributed by atoms with Gasteiger partial charge in [0.1, 0.15) is 10.9 Å². The number of fused-ring (bicyclic) bond motifs is 1. The number of anilines is 1. The lowest BCUT2D eigenvalue weighted by Gasteiger charge is -2.16. The van der Waals surface area contributed by atoms with E-state index in [1.807, 2.05) is 49.4 Å². The van der Waals surface area contributed by atoms with E-state index in [4.69, 9.17) is 11.6 Å². The van der Waals surface area contributed by atoms with Crippen molar-refractivity contribution in [3.63, 3.8) is 0 Å². The molecule has 1 atom stereocenters. The molecular formula is C22H18ClN3O2S. The molecule has 29 heavy (non-hydrogen) atoms. The highest BCUT2D eigenvalue weighted by atomic mass is 35.5. The lowest BCUT2D eigenvalue weighted by molar-refractivity contribution is -0.118. The van der Waals surface area contributed by atoms with E-state index in [1.54, 1.807) is 19.1 Å². The summed E-state index contributed by atoms with van der Waals surface area (Å²) in [5.41, 5.74) is 2.31. The van der Waals surface area contributed by atoms with Crippen molar-refractivity contribution >= 4 is 44.7 Å². The summed E-state index contributed by atoms with van der Waals surface area (Å²) < 4.78 is 1.36. The van der Waals surface area contributed by atoms with Crippen LogP contribution in [0.3, 0.4) is 0 Å². The normalized spacial score (nSPS) is 12.1. The van der Waals surface area contributed by atoms with Crippen LogP contribution >= 0.6 is 22.9 Å². The molecule has 146 valence electrons. The fourth-order valence-electron chi connectivity index (χ4n) is 3.05. The highest BCUT2D eigenvalue weighted by Gasteiger charge is 2.20. The molecule has 0 fully saturated rings. The van der Waals surface area contributed by atoms with Crippen LogP contribution in [0, 0.1) is 6.92 Å². The summed E-state index contributed by atoms with van der Waals surface area (Å²) in [4.78, 5) is 31.8. The van der Waals surface area contributed by atoms with E-state index >= 15 is 0 Å². The van der Waals surface area contributed by atoms with Crippen molar-refractivity contribution in [2.45, 2.75) is 19.9 Å². The van der Waals surface area contributed by atoms with Crippen molar-refractivity contribution < 1.29 is 4.79 Å². The Morgan fingerprint density at radius 3 is 2.69 bits per heavy atom. The molecule has 0 saturated heterocycles. The third-order valence-electron chi connectivity index (χ3n) is 4.79. The van der Waals surface area contributed by atoms with E-state index in [0.29, 0.717) is 20.9 Å². The summed E-state index contributed by atoms with van der Waals surface area (Å²) in [5.74, 6) is -0.308. The highest BCUT2D eigenvalue weighted by Crippen LogP contribution is 2.30. The van der Waals surface area contributed by atoms with Crippen molar-refractivity contribution in [2.75, 3.05) is 5.32 Å². The third-order valence-corrected chi connectivity index (χ3v) is 6.12. The van der Waals surface area contributed by atoms with Gasteiger partial charge in [0.15, 0.2) is 0 Å². The van der Waals surface area contributed by atoms with Gasteiger partial charge >= 0.3 is 0 Å². The van der Waals surface area contributed by atoms with Crippen LogP contribution in [0.15, 0.2) is 65.7 Å². The van der Waals surface area contributed by atoms with E-state index in [1.165, 1.54) is 22.2 Å². The quantitative estimate of drug-likeness (QED) is 0.485. The second-order valence-electron chi connectivity index (χ2n) is 6.78. The minimum atomic E-state index is -0.724. The maximum absolute atomic E-state index is 13.0. The van der Waals surface area contributed by atoms with Gasteiger partial charge in [0.05, 0.1) is 11.7 Å². The summed E-state index contributed by atoms with van der Waals surface area (Å²) in [6.45, 7) is 3.56. The number of thiophene rings is 1. The zero-order valence-electron chi connectivity index (χ0n) is 15.8. The van der Waals surface area contributed by atoms with Gasteiger partial charge in [-0.2, -0.15) is 0 Å². The van der Waals surface area contributed by atoms with E-state index in [0.717, 1.165) is 16.0 Å². The van der Waals surface area contributed by atoms with Crippen LogP contribution in [0.1, 0.15) is 18.5 Å². The predicted octanol–water partition coefficient (Wildman–Crippen LogP) is 5.29. The Balaban J connectivity index is 1.66. The number of aryl methyl sites for hydroxylation is 1. The monoisotopic (exact) mass is 423 g/mol. The van der Waals surface area contributed by atoms with E-state index in [9.17, 15) is 9.59 Å². The Labute approximate surface area is 176 Å². The molecule has 4 aromatic rings. The molecule has 4 rings (SSSR count). The molecule has 0 aliphatic heterocycles. The molecule has 1 N–H and O–H groups in total. The molecule has 1 amide bonds. The fraction of sp³-hybridized carbons (Fsp3) is 0.136. The Morgan fingerprint density at radius 1 is 1.17 bits per heavy atom. The lowest BCUT2D eigenvalue weighted by atomic mass is 10.2. The Morgan fingerprint density at radius 2 is 1.93 bits per heavy atom. The van der Waals surface area contributed by atoms with Gasteiger partial charge in [-0.25, -0.2) is 4.98 Å². The Bertz CT molecular complexity index is 1260. The van der Waals surface area contributed by atoms with Gasteiger partial charge in [-0.15, -0.1) is 11.3 Å². The third kappa shape index (κ3) is 3.81. The van der Waals surface area contributed by atoms with Crippen LogP contribution in [0.5, 0.6) is 0 Å². The van der Waals surface area contributed by atoms with Crippen molar-refractivity contribution in [1.82, 2.24) is 9.55 Å². The standard InChI is InChI=1S/C22H18ClN3O2S/c1-13-8-9-16(23)10-18(13)25-20(27)14(2)26-12-24-21-17(22(26)28)11-19(29-21)15-6-4-3-5-7-15/h3-12,14H,1-2H3,(H,25,27)/t14-/m1/s1. The molecule has 0 spiro atoms. The minimum Gasteiger partial charge on any atom is -0.324 e. The molecule has 2 aromatic heterocycles. The first-order chi connectivity index (χ1) is 13.9. The molecule has 7 heteroatoms. The van der Waals surface area contributed by atoms with E-state index in [-0.39, 0.29) is 11.5 Å². The molecule has 0 saturated carbocycles. The van der Waals surface area contributed by atoms with Gasteiger partial charge in [0.25, 0.3) is 5.56 Å². The number of aromatic nitrogens is 2. The topological polar surface area (TPSA) is 64.0 Å². The number of carbonyl (C=O) groups excluding carboxylic acids is 1. The second-order valence-corrected chi connectivity index (χ2v) is 8.24. The summed E-state index contributed by atoms with van der Waals surface area (Å²) in [6, 6.07) is 16.2. The van der Waals surface area contributed by atoms with Crippen molar-refractivity contribution in [1.29, 1.82) is 0 Å². The number of rotatable bonds is 4. The first kappa shape index (κ1) is 19.4. The van der Waals surface area contributed by atoms with Crippen LogP contribution in [-0.4, -0.2) is 15.5 Å². The summed E-state index contributed by atoms with van der Waals surface area (Å²) in [7, 11) is 0. The average molecular weight is 424 g/mol. The number of carbonyl (C=O) groups is 1. The number of hydrogen-bond donors (Lipinski definition) is 1. The van der Waals surface area contributed by atoms with Crippen molar-refractivity contribution in [3.05, 3.63) is 81.9 Å². The molecular weight excluding hydrogens is 406 g/mol. The molecule has 2 aromatic carbocycles. The number of nitrogens with zero attached hydrogens (tertiary/aromatic N) is 2. The molecule has 0 aliphatic rings. The largest absolute Gasteiger partial charge is 0.324 e. The number of amides is 1. The van der Waals surface area contributed by atoms with Gasteiger partial charge in [-0.3, -0.25) is 14.2 Å². The first-order valence-electron chi connectivity index (χ1n) is 9.07. The molecule has 0 radical (unpaired) electrons. The fourth-order valence-corrected chi connectivity index (χ4v) is 4.22. The second kappa shape index (κ2) is 7.81. The van der Waals surface area contributed by atoms with Gasteiger partial charge in [-0.1, -0.05) is 48.0 Å². The number of halogens is 1. The number of hydrogen-bond acceptors (Lipinski definition) is 4. The van der Waals surface area contributed by atoms with Crippen LogP contribution in [0.25, 0.3) is 20.7 Å². The van der Waals surface area contributed by atoms with Gasteiger partial charge in [-0.05, 0) is 43.2 Å². The number of benzene rings is 2. The lowest BCUT2D eigenvalue weighted by Crippen LogP contribution is -2.31. The SMILES string of the molecule is Cc1ccc(Cl)cc1NC(=O)[C@@H](C)n1cnc2sc(-c3ccccc3)cc2c1=O. The van der Waals surface area contributed by atoms with Crippen LogP contribution in [-0.2, 0) is 4.79 Å². The van der Waals surface area contributed by atoms with Crippen LogP contribution < -0.4 is 10.9 Å². The Hall–Kier alpha value is -2.96. The maximum atomic E-state index is 13.0. The maximum Gasteiger partial charge on any atom is 0.262 e. The van der Waals surface area contributed by atoms with Crippen molar-refractivity contribution in [2.24, 2.45) is 0 Å². The molecule has 0 unspecified atom stereocenters. The van der Waals surface area contributed by atoms with Gasteiger partial charge < -0.3 is 5.32 Å². The zero-order chi connectivity index (χ0) is 20.5. The Kier molecular flexibility index (Phi) is 5.22. The van der Waals surface area contributed by atoms with E-state index in [2.05, 4.69) is 10.3 Å². The summed E-state index contributed by atoms with van der Waals surface area (Å²) in [5, 5.41) is 3.89. The zero-order valence-corrected chi connectivity index (χ0v) is 17.4. The van der Waals surface area contributed by atoms with Gasteiger partial charge in [0.2, 0.25) is 5.91 Å². The molecule has 5 nitrogen and oxygen atoms in total. The predicted molar refractivity (Wildman–Crippen MR) is 119 cm³/mol. The highest BCUT2D eigenvalue weighted by molar-refractivity contribution is 7.21. The smallest absolute Gasteiger partial charge is 0.262 e. The summed E-state index contributed by atoms with van der Waals surface area (Å²) in [6.07, 6.45) is 1.44. The number of nitrogens with one attached hydrogen (secondary N) is 1. The summed E-state index contributed by atoms with van der Waals surface area (Å²) >= 11 is 7.48. The van der Waals surface area contributed by atoms with Gasteiger partial charge in [0, 0.05) is 15.6 Å². The molecule has 0 aliphatic carbocycles. The molecule has 0 bridgehead atoms. The van der Waals surface area contributed by atoms with Crippen LogP contribution in [0.2, 0.25) is 5.02 Å². The van der Waals surface area contributed by atoms with Crippen LogP contribution in [0.4, 0.5) is 5.69 Å². The van der Waals surface area contributed by atoms with E-state index < -0.39 is 6.04 Å². The minimum absolute atomic E-state index is 0.237.